The van der Waals surface area contributed by atoms with E-state index in [1.807, 2.05) is 17.7 Å². The molecule has 0 aliphatic carbocycles. The second-order valence-corrected chi connectivity index (χ2v) is 6.27. The normalized spacial score (nSPS) is 19.0. The Morgan fingerprint density at radius 2 is 2.38 bits per heavy atom. The molecule has 0 aromatic carbocycles. The van der Waals surface area contributed by atoms with Crippen LogP contribution in [0.5, 0.6) is 0 Å². The molecule has 1 N–H and O–H groups in total. The molecular weight excluding hydrogens is 308 g/mol. The summed E-state index contributed by atoms with van der Waals surface area (Å²) in [7, 11) is 0. The van der Waals surface area contributed by atoms with Gasteiger partial charge >= 0.3 is 0 Å². The predicted octanol–water partition coefficient (Wildman–Crippen LogP) is 1.53. The Labute approximate surface area is 140 Å². The Morgan fingerprint density at radius 1 is 1.50 bits per heavy atom. The van der Waals surface area contributed by atoms with Crippen molar-refractivity contribution in [3.05, 3.63) is 42.9 Å². The minimum Gasteiger partial charge on any atom is -0.472 e. The highest BCUT2D eigenvalue weighted by molar-refractivity contribution is 5.94. The highest BCUT2D eigenvalue weighted by Gasteiger charge is 2.29. The Balaban J connectivity index is 1.54. The molecule has 7 heteroatoms. The molecule has 3 heterocycles. The standard InChI is InChI=1S/C17H22N4O3/c1-13(9-20-7-5-18-12-20)19-16(22)14-3-2-6-21(10-14)17(23)15-4-8-24-11-15/h4-5,7-8,11-14H,2-3,6,9-10H2,1H3,(H,19,22)/t13-,14+/m0/s1. The first kappa shape index (κ1) is 16.3. The van der Waals surface area contributed by atoms with Crippen molar-refractivity contribution in [2.45, 2.75) is 32.4 Å². The van der Waals surface area contributed by atoms with Crippen LogP contribution in [0.2, 0.25) is 0 Å². The Kier molecular flexibility index (Phi) is 4.98. The van der Waals surface area contributed by atoms with E-state index in [4.69, 9.17) is 4.42 Å². The molecule has 1 aliphatic rings. The van der Waals surface area contributed by atoms with Gasteiger partial charge in [-0.25, -0.2) is 4.98 Å². The van der Waals surface area contributed by atoms with Crippen molar-refractivity contribution in [2.75, 3.05) is 13.1 Å². The van der Waals surface area contributed by atoms with Gasteiger partial charge in [-0.2, -0.15) is 0 Å². The molecular formula is C17H22N4O3. The monoisotopic (exact) mass is 330 g/mol. The zero-order chi connectivity index (χ0) is 16.9. The number of imidazole rings is 1. The second kappa shape index (κ2) is 7.33. The van der Waals surface area contributed by atoms with Gasteiger partial charge in [0.05, 0.1) is 24.1 Å². The van der Waals surface area contributed by atoms with Gasteiger partial charge in [0.25, 0.3) is 5.91 Å². The van der Waals surface area contributed by atoms with Crippen molar-refractivity contribution >= 4 is 11.8 Å². The quantitative estimate of drug-likeness (QED) is 0.901. The van der Waals surface area contributed by atoms with Gasteiger partial charge in [-0.3, -0.25) is 9.59 Å². The number of amides is 2. The van der Waals surface area contributed by atoms with Crippen LogP contribution >= 0.6 is 0 Å². The summed E-state index contributed by atoms with van der Waals surface area (Å²) in [5.74, 6) is -0.236. The summed E-state index contributed by atoms with van der Waals surface area (Å²) in [5, 5.41) is 3.04. The lowest BCUT2D eigenvalue weighted by molar-refractivity contribution is -0.127. The van der Waals surface area contributed by atoms with Crippen molar-refractivity contribution in [1.82, 2.24) is 19.8 Å². The summed E-state index contributed by atoms with van der Waals surface area (Å²) in [5.41, 5.74) is 0.532. The lowest BCUT2D eigenvalue weighted by Crippen LogP contribution is -2.47. The van der Waals surface area contributed by atoms with E-state index >= 15 is 0 Å². The molecule has 1 fully saturated rings. The van der Waals surface area contributed by atoms with E-state index < -0.39 is 0 Å². The SMILES string of the molecule is C[C@@H](Cn1ccnc1)NC(=O)[C@@H]1CCCN(C(=O)c2ccoc2)C1. The lowest BCUT2D eigenvalue weighted by Gasteiger charge is -2.32. The number of furan rings is 1. The summed E-state index contributed by atoms with van der Waals surface area (Å²) in [4.78, 5) is 30.6. The summed E-state index contributed by atoms with van der Waals surface area (Å²) < 4.78 is 6.90. The molecule has 24 heavy (non-hydrogen) atoms. The number of nitrogens with zero attached hydrogens (tertiary/aromatic N) is 3. The minimum atomic E-state index is -0.167. The van der Waals surface area contributed by atoms with E-state index in [9.17, 15) is 9.59 Å². The molecule has 0 bridgehead atoms. The zero-order valence-corrected chi connectivity index (χ0v) is 13.7. The Bertz CT molecular complexity index is 666. The van der Waals surface area contributed by atoms with E-state index in [1.165, 1.54) is 12.5 Å². The first-order valence-electron chi connectivity index (χ1n) is 8.21. The smallest absolute Gasteiger partial charge is 0.257 e. The second-order valence-electron chi connectivity index (χ2n) is 6.27. The van der Waals surface area contributed by atoms with Gasteiger partial charge in [-0.05, 0) is 25.8 Å². The van der Waals surface area contributed by atoms with Crippen LogP contribution in [0.4, 0.5) is 0 Å². The van der Waals surface area contributed by atoms with Gasteiger partial charge in [-0.15, -0.1) is 0 Å². The highest BCUT2D eigenvalue weighted by atomic mass is 16.3. The third kappa shape index (κ3) is 3.84. The minimum absolute atomic E-state index is 0.00616. The topological polar surface area (TPSA) is 80.4 Å². The van der Waals surface area contributed by atoms with Crippen LogP contribution in [-0.2, 0) is 11.3 Å². The van der Waals surface area contributed by atoms with Gasteiger partial charge in [0.2, 0.25) is 5.91 Å². The number of rotatable bonds is 5. The van der Waals surface area contributed by atoms with Gasteiger partial charge in [0.1, 0.15) is 6.26 Å². The zero-order valence-electron chi connectivity index (χ0n) is 13.7. The first-order valence-corrected chi connectivity index (χ1v) is 8.21. The molecule has 0 saturated carbocycles. The summed E-state index contributed by atoms with van der Waals surface area (Å²) in [6.07, 6.45) is 9.88. The van der Waals surface area contributed by atoms with Crippen LogP contribution in [0, 0.1) is 5.92 Å². The Hall–Kier alpha value is -2.57. The fraction of sp³-hybridized carbons (Fsp3) is 0.471. The number of aromatic nitrogens is 2. The maximum Gasteiger partial charge on any atom is 0.257 e. The fourth-order valence-electron chi connectivity index (χ4n) is 3.06. The van der Waals surface area contributed by atoms with Crippen molar-refractivity contribution in [3.8, 4) is 0 Å². The van der Waals surface area contributed by atoms with E-state index in [2.05, 4.69) is 10.3 Å². The number of piperidine rings is 1. The number of carbonyl (C=O) groups excluding carboxylic acids is 2. The molecule has 3 rings (SSSR count). The molecule has 1 aliphatic heterocycles. The fourth-order valence-corrected chi connectivity index (χ4v) is 3.06. The molecule has 2 atom stereocenters. The summed E-state index contributed by atoms with van der Waals surface area (Å²) >= 11 is 0. The molecule has 1 saturated heterocycles. The predicted molar refractivity (Wildman–Crippen MR) is 87.2 cm³/mol. The number of hydrogen-bond donors (Lipinski definition) is 1. The average molecular weight is 330 g/mol. The molecule has 128 valence electrons. The van der Waals surface area contributed by atoms with Crippen molar-refractivity contribution in [2.24, 2.45) is 5.92 Å². The summed E-state index contributed by atoms with van der Waals surface area (Å²) in [6.45, 7) is 3.78. The van der Waals surface area contributed by atoms with Crippen molar-refractivity contribution < 1.29 is 14.0 Å². The van der Waals surface area contributed by atoms with Crippen molar-refractivity contribution in [3.63, 3.8) is 0 Å². The molecule has 2 aromatic rings. The van der Waals surface area contributed by atoms with Crippen LogP contribution in [0.15, 0.2) is 41.7 Å². The molecule has 2 aromatic heterocycles. The first-order chi connectivity index (χ1) is 11.6. The van der Waals surface area contributed by atoms with Crippen LogP contribution < -0.4 is 5.32 Å². The van der Waals surface area contributed by atoms with Crippen LogP contribution in [0.3, 0.4) is 0 Å². The molecule has 0 radical (unpaired) electrons. The third-order valence-electron chi connectivity index (χ3n) is 4.28. The maximum absolute atomic E-state index is 12.5. The number of nitrogens with one attached hydrogen (secondary N) is 1. The van der Waals surface area contributed by atoms with Crippen LogP contribution in [0.25, 0.3) is 0 Å². The van der Waals surface area contributed by atoms with Gasteiger partial charge in [0.15, 0.2) is 0 Å². The van der Waals surface area contributed by atoms with E-state index in [0.29, 0.717) is 25.2 Å². The molecule has 0 spiro atoms. The largest absolute Gasteiger partial charge is 0.472 e. The Morgan fingerprint density at radius 3 is 3.08 bits per heavy atom. The highest BCUT2D eigenvalue weighted by Crippen LogP contribution is 2.19. The van der Waals surface area contributed by atoms with Gasteiger partial charge in [0, 0.05) is 38.1 Å². The molecule has 2 amide bonds. The maximum atomic E-state index is 12.5. The van der Waals surface area contributed by atoms with E-state index in [-0.39, 0.29) is 23.8 Å². The average Bonchev–Trinajstić information content (AvgIpc) is 3.27. The number of carbonyl (C=O) groups is 2. The van der Waals surface area contributed by atoms with Crippen molar-refractivity contribution in [1.29, 1.82) is 0 Å². The molecule has 0 unspecified atom stereocenters. The van der Waals surface area contributed by atoms with E-state index in [0.717, 1.165) is 12.8 Å². The third-order valence-corrected chi connectivity index (χ3v) is 4.28. The molecule has 7 nitrogen and oxygen atoms in total. The van der Waals surface area contributed by atoms with Gasteiger partial charge in [-0.1, -0.05) is 0 Å². The van der Waals surface area contributed by atoms with E-state index in [1.54, 1.807) is 23.5 Å². The number of likely N-dealkylation sites (tertiary alicyclic amines) is 1. The van der Waals surface area contributed by atoms with Crippen LogP contribution in [0.1, 0.15) is 30.1 Å². The summed E-state index contributed by atoms with van der Waals surface area (Å²) in [6, 6.07) is 1.66. The number of hydrogen-bond acceptors (Lipinski definition) is 4. The lowest BCUT2D eigenvalue weighted by atomic mass is 9.96. The van der Waals surface area contributed by atoms with Crippen LogP contribution in [-0.4, -0.2) is 45.4 Å². The van der Waals surface area contributed by atoms with Gasteiger partial charge < -0.3 is 19.2 Å².